The van der Waals surface area contributed by atoms with E-state index in [1.807, 2.05) is 18.3 Å². The zero-order valence-electron chi connectivity index (χ0n) is 11.2. The van der Waals surface area contributed by atoms with Crippen molar-refractivity contribution in [2.75, 3.05) is 6.54 Å². The first kappa shape index (κ1) is 15.8. The zero-order chi connectivity index (χ0) is 14.7. The van der Waals surface area contributed by atoms with Gasteiger partial charge in [0, 0.05) is 11.0 Å². The largest absolute Gasteiger partial charge is 0.311 e. The second-order valence-electron chi connectivity index (χ2n) is 4.87. The van der Waals surface area contributed by atoms with Crippen molar-refractivity contribution in [3.8, 4) is 5.69 Å². The zero-order valence-corrected chi connectivity index (χ0v) is 14.3. The Bertz CT molecular complexity index is 598. The molecular weight excluding hydrogens is 363 g/mol. The summed E-state index contributed by atoms with van der Waals surface area (Å²) in [6.45, 7) is 5.94. The second kappa shape index (κ2) is 6.89. The molecule has 0 bridgehead atoms. The minimum atomic E-state index is 0.452. The number of aromatic nitrogens is 3. The SMILES string of the molecule is CC(C)CNCc1cn(-c2ccc(Br)c(Cl)c2Cl)nn1. The molecule has 4 nitrogen and oxygen atoms in total. The van der Waals surface area contributed by atoms with Crippen LogP contribution in [0.2, 0.25) is 10.0 Å². The van der Waals surface area contributed by atoms with E-state index < -0.39 is 0 Å². The van der Waals surface area contributed by atoms with Gasteiger partial charge in [-0.3, -0.25) is 0 Å². The van der Waals surface area contributed by atoms with Crippen molar-refractivity contribution in [3.63, 3.8) is 0 Å². The van der Waals surface area contributed by atoms with Gasteiger partial charge in [0.05, 0.1) is 27.6 Å². The Morgan fingerprint density at radius 2 is 2.05 bits per heavy atom. The van der Waals surface area contributed by atoms with Gasteiger partial charge in [0.25, 0.3) is 0 Å². The van der Waals surface area contributed by atoms with Gasteiger partial charge in [0.1, 0.15) is 0 Å². The van der Waals surface area contributed by atoms with Crippen LogP contribution in [0.1, 0.15) is 19.5 Å². The highest BCUT2D eigenvalue weighted by Crippen LogP contribution is 2.34. The molecule has 0 radical (unpaired) electrons. The van der Waals surface area contributed by atoms with Crippen LogP contribution < -0.4 is 5.32 Å². The predicted octanol–water partition coefficient (Wildman–Crippen LogP) is 4.08. The van der Waals surface area contributed by atoms with E-state index in [-0.39, 0.29) is 0 Å². The van der Waals surface area contributed by atoms with Crippen LogP contribution >= 0.6 is 39.1 Å². The summed E-state index contributed by atoms with van der Waals surface area (Å²) in [5, 5.41) is 12.4. The number of hydrogen-bond donors (Lipinski definition) is 1. The highest BCUT2D eigenvalue weighted by Gasteiger charge is 2.11. The lowest BCUT2D eigenvalue weighted by Crippen LogP contribution is -2.19. The second-order valence-corrected chi connectivity index (χ2v) is 6.48. The van der Waals surface area contributed by atoms with Gasteiger partial charge in [0.15, 0.2) is 0 Å². The van der Waals surface area contributed by atoms with Crippen LogP contribution in [0.3, 0.4) is 0 Å². The normalized spacial score (nSPS) is 11.3. The Balaban J connectivity index is 2.15. The maximum Gasteiger partial charge on any atom is 0.0969 e. The summed E-state index contributed by atoms with van der Waals surface area (Å²) >= 11 is 15.7. The number of rotatable bonds is 5. The van der Waals surface area contributed by atoms with Gasteiger partial charge in [0.2, 0.25) is 0 Å². The lowest BCUT2D eigenvalue weighted by atomic mass is 10.2. The number of nitrogens with zero attached hydrogens (tertiary/aromatic N) is 3. The van der Waals surface area contributed by atoms with Gasteiger partial charge in [-0.25, -0.2) is 4.68 Å². The molecule has 2 aromatic rings. The summed E-state index contributed by atoms with van der Waals surface area (Å²) in [5.74, 6) is 0.602. The number of nitrogens with one attached hydrogen (secondary N) is 1. The lowest BCUT2D eigenvalue weighted by molar-refractivity contribution is 0.548. The standard InChI is InChI=1S/C13H15BrCl2N4/c1-8(2)5-17-6-9-7-20(19-18-9)11-4-3-10(14)12(15)13(11)16/h3-4,7-8,17H,5-6H2,1-2H3. The highest BCUT2D eigenvalue weighted by atomic mass is 79.9. The molecule has 1 aromatic carbocycles. The average molecular weight is 378 g/mol. The van der Waals surface area contributed by atoms with Crippen LogP contribution in [0.15, 0.2) is 22.8 Å². The first-order valence-electron chi connectivity index (χ1n) is 6.25. The monoisotopic (exact) mass is 376 g/mol. The van der Waals surface area contributed by atoms with Crippen LogP contribution in [0.25, 0.3) is 5.69 Å². The van der Waals surface area contributed by atoms with Gasteiger partial charge in [-0.1, -0.05) is 42.3 Å². The Morgan fingerprint density at radius 1 is 1.30 bits per heavy atom. The molecule has 0 aliphatic carbocycles. The van der Waals surface area contributed by atoms with Crippen molar-refractivity contribution < 1.29 is 0 Å². The molecular formula is C13H15BrCl2N4. The van der Waals surface area contributed by atoms with Crippen LogP contribution in [0.5, 0.6) is 0 Å². The third-order valence-electron chi connectivity index (χ3n) is 2.66. The van der Waals surface area contributed by atoms with E-state index in [1.165, 1.54) is 0 Å². The quantitative estimate of drug-likeness (QED) is 0.798. The molecule has 0 saturated carbocycles. The van der Waals surface area contributed by atoms with Crippen molar-refractivity contribution in [1.29, 1.82) is 0 Å². The topological polar surface area (TPSA) is 42.7 Å². The Kier molecular flexibility index (Phi) is 5.43. The van der Waals surface area contributed by atoms with Crippen molar-refractivity contribution in [2.45, 2.75) is 20.4 Å². The smallest absolute Gasteiger partial charge is 0.0969 e. The molecule has 20 heavy (non-hydrogen) atoms. The van der Waals surface area contributed by atoms with E-state index in [4.69, 9.17) is 23.2 Å². The summed E-state index contributed by atoms with van der Waals surface area (Å²) in [6, 6.07) is 3.68. The van der Waals surface area contributed by atoms with E-state index in [0.29, 0.717) is 28.2 Å². The minimum absolute atomic E-state index is 0.452. The van der Waals surface area contributed by atoms with Gasteiger partial charge >= 0.3 is 0 Å². The highest BCUT2D eigenvalue weighted by molar-refractivity contribution is 9.10. The summed E-state index contributed by atoms with van der Waals surface area (Å²) in [5.41, 5.74) is 1.57. The predicted molar refractivity (Wildman–Crippen MR) is 85.6 cm³/mol. The molecule has 0 aliphatic heterocycles. The van der Waals surface area contributed by atoms with Crippen LogP contribution in [-0.2, 0) is 6.54 Å². The fourth-order valence-corrected chi connectivity index (χ4v) is 2.53. The van der Waals surface area contributed by atoms with Gasteiger partial charge in [-0.2, -0.15) is 0 Å². The van der Waals surface area contributed by atoms with E-state index in [2.05, 4.69) is 45.4 Å². The van der Waals surface area contributed by atoms with Crippen molar-refractivity contribution in [2.24, 2.45) is 5.92 Å². The lowest BCUT2D eigenvalue weighted by Gasteiger charge is -2.06. The molecule has 7 heteroatoms. The number of benzene rings is 1. The summed E-state index contributed by atoms with van der Waals surface area (Å²) in [4.78, 5) is 0. The molecule has 0 aliphatic rings. The maximum atomic E-state index is 6.22. The van der Waals surface area contributed by atoms with Crippen LogP contribution in [-0.4, -0.2) is 21.5 Å². The van der Waals surface area contributed by atoms with Crippen molar-refractivity contribution in [3.05, 3.63) is 38.5 Å². The van der Waals surface area contributed by atoms with E-state index in [0.717, 1.165) is 16.7 Å². The Hall–Kier alpha value is -0.620. The van der Waals surface area contributed by atoms with Gasteiger partial charge in [-0.05, 0) is 40.5 Å². The Labute approximate surface area is 136 Å². The molecule has 0 fully saturated rings. The molecule has 1 N–H and O–H groups in total. The minimum Gasteiger partial charge on any atom is -0.311 e. The fraction of sp³-hybridized carbons (Fsp3) is 0.385. The molecule has 0 saturated heterocycles. The molecule has 108 valence electrons. The average Bonchev–Trinajstić information content (AvgIpc) is 2.84. The first-order chi connectivity index (χ1) is 9.49. The van der Waals surface area contributed by atoms with Crippen LogP contribution in [0.4, 0.5) is 0 Å². The molecule has 0 amide bonds. The van der Waals surface area contributed by atoms with E-state index in [9.17, 15) is 0 Å². The molecule has 1 heterocycles. The number of hydrogen-bond acceptors (Lipinski definition) is 3. The number of halogens is 3. The molecule has 0 atom stereocenters. The summed E-state index contributed by atoms with van der Waals surface area (Å²) in [7, 11) is 0. The third kappa shape index (κ3) is 3.73. The third-order valence-corrected chi connectivity index (χ3v) is 4.42. The molecule has 1 aromatic heterocycles. The maximum absolute atomic E-state index is 6.22. The van der Waals surface area contributed by atoms with Crippen molar-refractivity contribution >= 4 is 39.1 Å². The van der Waals surface area contributed by atoms with Crippen LogP contribution in [0, 0.1) is 5.92 Å². The van der Waals surface area contributed by atoms with E-state index >= 15 is 0 Å². The van der Waals surface area contributed by atoms with Crippen molar-refractivity contribution in [1.82, 2.24) is 20.3 Å². The molecule has 0 unspecified atom stereocenters. The molecule has 0 spiro atoms. The summed E-state index contributed by atoms with van der Waals surface area (Å²) < 4.78 is 2.39. The van der Waals surface area contributed by atoms with Gasteiger partial charge < -0.3 is 5.32 Å². The first-order valence-corrected chi connectivity index (χ1v) is 7.79. The van der Waals surface area contributed by atoms with E-state index in [1.54, 1.807) is 4.68 Å². The Morgan fingerprint density at radius 3 is 2.75 bits per heavy atom. The fourth-order valence-electron chi connectivity index (χ4n) is 1.68. The molecule has 2 rings (SSSR count). The summed E-state index contributed by atoms with van der Waals surface area (Å²) in [6.07, 6.45) is 1.85. The van der Waals surface area contributed by atoms with Gasteiger partial charge in [-0.15, -0.1) is 5.10 Å².